The maximum atomic E-state index is 11.0. The third kappa shape index (κ3) is 2.43. The molecule has 5 fully saturated rings. The van der Waals surface area contributed by atoms with Crippen LogP contribution in [-0.4, -0.2) is 23.8 Å². The first kappa shape index (κ1) is 13.6. The maximum Gasteiger partial charge on any atom is 0.0611 e. The predicted octanol–water partition coefficient (Wildman–Crippen LogP) is 3.49. The fraction of sp³-hybridized carbons (Fsp3) is 1.00. The molecule has 114 valence electrons. The van der Waals surface area contributed by atoms with Crippen molar-refractivity contribution < 1.29 is 5.11 Å². The highest BCUT2D eigenvalue weighted by Crippen LogP contribution is 2.61. The molecular weight excluding hydrogens is 246 g/mol. The second kappa shape index (κ2) is 5.28. The summed E-state index contributed by atoms with van der Waals surface area (Å²) in [5, 5.41) is 14.7. The number of rotatable bonds is 3. The highest BCUT2D eigenvalue weighted by atomic mass is 16.3. The van der Waals surface area contributed by atoms with Gasteiger partial charge in [0.05, 0.1) is 6.10 Å². The molecule has 2 N–H and O–H groups in total. The van der Waals surface area contributed by atoms with Crippen LogP contribution in [0, 0.1) is 23.2 Å². The van der Waals surface area contributed by atoms with E-state index in [1.54, 1.807) is 0 Å². The van der Waals surface area contributed by atoms with Gasteiger partial charge in [-0.05, 0) is 87.5 Å². The molecule has 0 spiro atoms. The largest absolute Gasteiger partial charge is 0.392 e. The molecule has 2 nitrogen and oxygen atoms in total. The Morgan fingerprint density at radius 1 is 0.950 bits per heavy atom. The minimum absolute atomic E-state index is 0.0356. The van der Waals surface area contributed by atoms with E-state index in [1.165, 1.54) is 64.2 Å². The van der Waals surface area contributed by atoms with Gasteiger partial charge in [0.25, 0.3) is 0 Å². The molecule has 0 aromatic rings. The smallest absolute Gasteiger partial charge is 0.0611 e. The van der Waals surface area contributed by atoms with Crippen LogP contribution in [0.15, 0.2) is 0 Å². The molecule has 2 heteroatoms. The van der Waals surface area contributed by atoms with Crippen molar-refractivity contribution in [3.8, 4) is 0 Å². The van der Waals surface area contributed by atoms with Crippen LogP contribution in [-0.2, 0) is 0 Å². The van der Waals surface area contributed by atoms with E-state index < -0.39 is 0 Å². The summed E-state index contributed by atoms with van der Waals surface area (Å²) in [5.74, 6) is 2.87. The molecule has 5 rings (SSSR count). The van der Waals surface area contributed by atoms with Crippen molar-refractivity contribution in [3.63, 3.8) is 0 Å². The topological polar surface area (TPSA) is 32.3 Å². The van der Waals surface area contributed by atoms with E-state index >= 15 is 0 Å². The van der Waals surface area contributed by atoms with Crippen LogP contribution in [0.3, 0.4) is 0 Å². The third-order valence-corrected chi connectivity index (χ3v) is 6.96. The summed E-state index contributed by atoms with van der Waals surface area (Å²) in [6.45, 7) is 1.16. The van der Waals surface area contributed by atoms with Gasteiger partial charge in [-0.25, -0.2) is 0 Å². The van der Waals surface area contributed by atoms with Crippen molar-refractivity contribution >= 4 is 0 Å². The summed E-state index contributed by atoms with van der Waals surface area (Å²) < 4.78 is 0. The van der Waals surface area contributed by atoms with E-state index in [0.29, 0.717) is 11.5 Å². The fourth-order valence-corrected chi connectivity index (χ4v) is 6.41. The second-order valence-electron chi connectivity index (χ2n) is 8.53. The Bertz CT molecular complexity index is 310. The van der Waals surface area contributed by atoms with Gasteiger partial charge in [0, 0.05) is 6.04 Å². The first-order chi connectivity index (χ1) is 9.73. The first-order valence-corrected chi connectivity index (χ1v) is 9.15. The number of nitrogens with one attached hydrogen (secondary N) is 1. The number of hydrogen-bond acceptors (Lipinski definition) is 2. The summed E-state index contributed by atoms with van der Waals surface area (Å²) >= 11 is 0. The Labute approximate surface area is 123 Å². The molecule has 1 aliphatic heterocycles. The molecule has 2 unspecified atom stereocenters. The minimum Gasteiger partial charge on any atom is -0.392 e. The van der Waals surface area contributed by atoms with E-state index in [-0.39, 0.29) is 6.10 Å². The van der Waals surface area contributed by atoms with Gasteiger partial charge in [-0.1, -0.05) is 12.8 Å². The third-order valence-electron chi connectivity index (χ3n) is 6.96. The highest BCUT2D eigenvalue weighted by molar-refractivity contribution is 5.04. The van der Waals surface area contributed by atoms with E-state index in [1.807, 2.05) is 0 Å². The van der Waals surface area contributed by atoms with E-state index in [9.17, 15) is 5.11 Å². The molecule has 4 aliphatic carbocycles. The van der Waals surface area contributed by atoms with Crippen LogP contribution in [0.1, 0.15) is 70.6 Å². The van der Waals surface area contributed by atoms with E-state index in [2.05, 4.69) is 5.32 Å². The Balaban J connectivity index is 1.43. The summed E-state index contributed by atoms with van der Waals surface area (Å²) in [7, 11) is 0. The molecule has 0 radical (unpaired) electrons. The number of aliphatic hydroxyl groups is 1. The average molecular weight is 277 g/mol. The Morgan fingerprint density at radius 3 is 2.25 bits per heavy atom. The molecule has 5 aliphatic rings. The van der Waals surface area contributed by atoms with Crippen molar-refractivity contribution in [2.24, 2.45) is 23.2 Å². The van der Waals surface area contributed by atoms with E-state index in [0.717, 1.165) is 30.7 Å². The minimum atomic E-state index is -0.0356. The monoisotopic (exact) mass is 277 g/mol. The van der Waals surface area contributed by atoms with Crippen molar-refractivity contribution in [2.75, 3.05) is 6.54 Å². The SMILES string of the molecule is OC(CC1CCCCCN1)C12CC3CC(CC(C3)C1)C2. The molecule has 4 bridgehead atoms. The number of aliphatic hydroxyl groups excluding tert-OH is 1. The van der Waals surface area contributed by atoms with Gasteiger partial charge >= 0.3 is 0 Å². The lowest BCUT2D eigenvalue weighted by Crippen LogP contribution is -2.53. The van der Waals surface area contributed by atoms with Gasteiger partial charge in [0.15, 0.2) is 0 Å². The van der Waals surface area contributed by atoms with Gasteiger partial charge in [0.2, 0.25) is 0 Å². The van der Waals surface area contributed by atoms with Gasteiger partial charge in [-0.15, -0.1) is 0 Å². The molecular formula is C18H31NO. The zero-order valence-corrected chi connectivity index (χ0v) is 12.8. The first-order valence-electron chi connectivity index (χ1n) is 9.15. The van der Waals surface area contributed by atoms with Crippen molar-refractivity contribution in [1.29, 1.82) is 0 Å². The molecule has 0 amide bonds. The molecule has 1 saturated heterocycles. The molecule has 0 aromatic carbocycles. The average Bonchev–Trinajstić information content (AvgIpc) is 2.65. The van der Waals surface area contributed by atoms with E-state index in [4.69, 9.17) is 0 Å². The quantitative estimate of drug-likeness (QED) is 0.827. The Hall–Kier alpha value is -0.0800. The summed E-state index contributed by atoms with van der Waals surface area (Å²) in [4.78, 5) is 0. The molecule has 4 saturated carbocycles. The van der Waals surface area contributed by atoms with Crippen LogP contribution in [0.5, 0.6) is 0 Å². The molecule has 20 heavy (non-hydrogen) atoms. The number of hydrogen-bond donors (Lipinski definition) is 2. The molecule has 2 atom stereocenters. The Morgan fingerprint density at radius 2 is 1.60 bits per heavy atom. The zero-order valence-electron chi connectivity index (χ0n) is 12.8. The van der Waals surface area contributed by atoms with Crippen LogP contribution >= 0.6 is 0 Å². The zero-order chi connectivity index (χ0) is 13.6. The van der Waals surface area contributed by atoms with Crippen LogP contribution < -0.4 is 5.32 Å². The van der Waals surface area contributed by atoms with Crippen LogP contribution in [0.4, 0.5) is 0 Å². The Kier molecular flexibility index (Phi) is 3.58. The fourth-order valence-electron chi connectivity index (χ4n) is 6.41. The summed E-state index contributed by atoms with van der Waals surface area (Å²) in [5.41, 5.74) is 0.322. The van der Waals surface area contributed by atoms with Crippen LogP contribution in [0.25, 0.3) is 0 Å². The molecule has 1 heterocycles. The van der Waals surface area contributed by atoms with Gasteiger partial charge in [0.1, 0.15) is 0 Å². The van der Waals surface area contributed by atoms with Gasteiger partial charge in [-0.3, -0.25) is 0 Å². The van der Waals surface area contributed by atoms with Crippen molar-refractivity contribution in [3.05, 3.63) is 0 Å². The normalized spacial score (nSPS) is 49.0. The summed E-state index contributed by atoms with van der Waals surface area (Å²) in [6, 6.07) is 0.584. The highest BCUT2D eigenvalue weighted by Gasteiger charge is 2.54. The van der Waals surface area contributed by atoms with Crippen molar-refractivity contribution in [2.45, 2.75) is 82.8 Å². The van der Waals surface area contributed by atoms with Gasteiger partial charge < -0.3 is 10.4 Å². The maximum absolute atomic E-state index is 11.0. The molecule has 0 aromatic heterocycles. The second-order valence-corrected chi connectivity index (χ2v) is 8.53. The lowest BCUT2D eigenvalue weighted by Gasteiger charge is -2.58. The van der Waals surface area contributed by atoms with Crippen molar-refractivity contribution in [1.82, 2.24) is 5.32 Å². The lowest BCUT2D eigenvalue weighted by molar-refractivity contribution is -0.124. The lowest BCUT2D eigenvalue weighted by atomic mass is 9.48. The standard InChI is InChI=1S/C18H31NO/c20-17(9-16-4-2-1-3-5-19-16)18-10-13-6-14(11-18)8-15(7-13)12-18/h13-17,19-20H,1-12H2. The van der Waals surface area contributed by atoms with Gasteiger partial charge in [-0.2, -0.15) is 0 Å². The van der Waals surface area contributed by atoms with Crippen LogP contribution in [0.2, 0.25) is 0 Å². The summed E-state index contributed by atoms with van der Waals surface area (Å²) in [6.07, 6.45) is 14.8. The predicted molar refractivity (Wildman–Crippen MR) is 81.5 cm³/mol.